The zero-order valence-corrected chi connectivity index (χ0v) is 26.2. The van der Waals surface area contributed by atoms with Crippen LogP contribution >= 0.6 is 0 Å². The number of para-hydroxylation sites is 1. The van der Waals surface area contributed by atoms with Crippen molar-refractivity contribution in [2.75, 3.05) is 0 Å². The van der Waals surface area contributed by atoms with Gasteiger partial charge in [0.25, 0.3) is 0 Å². The van der Waals surface area contributed by atoms with Crippen LogP contribution in [0.25, 0.3) is 99.7 Å². The van der Waals surface area contributed by atoms with Gasteiger partial charge in [0.15, 0.2) is 17.5 Å². The maximum absolute atomic E-state index is 6.16. The molecule has 3 aromatic heterocycles. The second-order valence-electron chi connectivity index (χ2n) is 12.3. The van der Waals surface area contributed by atoms with Gasteiger partial charge in [0.2, 0.25) is 0 Å². The van der Waals surface area contributed by atoms with Crippen molar-refractivity contribution < 1.29 is 4.42 Å². The van der Waals surface area contributed by atoms with Crippen LogP contribution in [0.2, 0.25) is 0 Å². The Balaban J connectivity index is 1.12. The van der Waals surface area contributed by atoms with E-state index in [2.05, 4.69) is 91.0 Å². The maximum Gasteiger partial charge on any atom is 0.164 e. The van der Waals surface area contributed by atoms with Gasteiger partial charge in [-0.25, -0.2) is 15.0 Å². The van der Waals surface area contributed by atoms with Crippen LogP contribution in [0.4, 0.5) is 0 Å². The first-order valence-corrected chi connectivity index (χ1v) is 16.3. The quantitative estimate of drug-likeness (QED) is 0.182. The Morgan fingerprint density at radius 1 is 0.388 bits per heavy atom. The zero-order valence-electron chi connectivity index (χ0n) is 26.2. The van der Waals surface area contributed by atoms with Crippen LogP contribution in [0.15, 0.2) is 162 Å². The van der Waals surface area contributed by atoms with Crippen molar-refractivity contribution in [1.82, 2.24) is 19.9 Å². The van der Waals surface area contributed by atoms with Crippen molar-refractivity contribution in [2.45, 2.75) is 0 Å². The van der Waals surface area contributed by atoms with Crippen LogP contribution < -0.4 is 0 Å². The molecule has 5 heteroatoms. The molecule has 0 bridgehead atoms. The molecule has 228 valence electrons. The molecule has 0 saturated heterocycles. The highest BCUT2D eigenvalue weighted by molar-refractivity contribution is 6.16. The SMILES string of the molecule is c1ccc(-c2nc(-c3ccc(-c4cccc5oc6ccccc6c45)cc3)nc(-c3ccc4ccc5c(ccc6cccnc65)c4c3)n2)cc1. The van der Waals surface area contributed by atoms with Gasteiger partial charge >= 0.3 is 0 Å². The number of furan rings is 1. The number of benzene rings is 7. The average Bonchev–Trinajstić information content (AvgIpc) is 3.57. The summed E-state index contributed by atoms with van der Waals surface area (Å²) >= 11 is 0. The largest absolute Gasteiger partial charge is 0.456 e. The normalized spacial score (nSPS) is 11.7. The monoisotopic (exact) mass is 626 g/mol. The molecule has 49 heavy (non-hydrogen) atoms. The molecule has 0 amide bonds. The second kappa shape index (κ2) is 10.9. The number of rotatable bonds is 4. The van der Waals surface area contributed by atoms with Crippen molar-refractivity contribution in [3.63, 3.8) is 0 Å². The molecule has 0 aliphatic carbocycles. The molecule has 0 unspecified atom stereocenters. The van der Waals surface area contributed by atoms with Gasteiger partial charge in [-0.2, -0.15) is 0 Å². The molecule has 0 spiro atoms. The topological polar surface area (TPSA) is 64.7 Å². The van der Waals surface area contributed by atoms with Crippen molar-refractivity contribution in [1.29, 1.82) is 0 Å². The summed E-state index contributed by atoms with van der Waals surface area (Å²) in [6.45, 7) is 0. The summed E-state index contributed by atoms with van der Waals surface area (Å²) < 4.78 is 6.16. The van der Waals surface area contributed by atoms with E-state index >= 15 is 0 Å². The lowest BCUT2D eigenvalue weighted by atomic mass is 9.97. The number of hydrogen-bond donors (Lipinski definition) is 0. The molecule has 0 aliphatic heterocycles. The van der Waals surface area contributed by atoms with E-state index in [-0.39, 0.29) is 0 Å². The van der Waals surface area contributed by atoms with Crippen LogP contribution in [-0.2, 0) is 0 Å². The van der Waals surface area contributed by atoms with Gasteiger partial charge in [0.1, 0.15) is 11.2 Å². The first-order valence-electron chi connectivity index (χ1n) is 16.3. The van der Waals surface area contributed by atoms with Crippen molar-refractivity contribution >= 4 is 54.4 Å². The van der Waals surface area contributed by atoms with Crippen LogP contribution in [-0.4, -0.2) is 19.9 Å². The van der Waals surface area contributed by atoms with Gasteiger partial charge in [0.05, 0.1) is 5.52 Å². The zero-order chi connectivity index (χ0) is 32.3. The fraction of sp³-hybridized carbons (Fsp3) is 0. The number of pyridine rings is 1. The van der Waals surface area contributed by atoms with Gasteiger partial charge in [-0.15, -0.1) is 0 Å². The summed E-state index contributed by atoms with van der Waals surface area (Å²) in [4.78, 5) is 19.8. The number of fused-ring (bicyclic) bond motifs is 8. The highest BCUT2D eigenvalue weighted by atomic mass is 16.3. The van der Waals surface area contributed by atoms with E-state index in [0.29, 0.717) is 17.5 Å². The third-order valence-corrected chi connectivity index (χ3v) is 9.37. The van der Waals surface area contributed by atoms with Crippen molar-refractivity contribution in [2.24, 2.45) is 0 Å². The fourth-order valence-corrected chi connectivity index (χ4v) is 6.98. The van der Waals surface area contributed by atoms with E-state index in [4.69, 9.17) is 24.4 Å². The smallest absolute Gasteiger partial charge is 0.164 e. The predicted octanol–water partition coefficient (Wildman–Crippen LogP) is 11.3. The number of aromatic nitrogens is 4. The standard InChI is InChI=1S/C44H26N4O/c1-2-8-30(9-3-1)42-46-43(31-18-15-27(16-19-31)33-12-6-14-39-40(33)36-11-4-5-13-38(36)49-39)48-44(47-42)32-20-17-28-21-24-35-34(37(28)26-32)23-22-29-10-7-25-45-41(29)35/h1-26H. The highest BCUT2D eigenvalue weighted by Gasteiger charge is 2.16. The van der Waals surface area contributed by atoms with Gasteiger partial charge in [-0.3, -0.25) is 4.98 Å². The third kappa shape index (κ3) is 4.55. The lowest BCUT2D eigenvalue weighted by Gasteiger charge is -2.11. The van der Waals surface area contributed by atoms with E-state index < -0.39 is 0 Å². The van der Waals surface area contributed by atoms with E-state index in [0.717, 1.165) is 82.2 Å². The summed E-state index contributed by atoms with van der Waals surface area (Å²) in [5.41, 5.74) is 7.77. The highest BCUT2D eigenvalue weighted by Crippen LogP contribution is 2.38. The Labute approximate surface area is 281 Å². The molecule has 7 aromatic carbocycles. The van der Waals surface area contributed by atoms with E-state index in [9.17, 15) is 0 Å². The molecule has 0 aliphatic rings. The van der Waals surface area contributed by atoms with Gasteiger partial charge in [0, 0.05) is 44.4 Å². The molecule has 10 rings (SSSR count). The molecule has 10 aromatic rings. The lowest BCUT2D eigenvalue weighted by molar-refractivity contribution is 0.669. The molecule has 0 fully saturated rings. The number of nitrogens with zero attached hydrogens (tertiary/aromatic N) is 4. The van der Waals surface area contributed by atoms with Crippen LogP contribution in [0.1, 0.15) is 0 Å². The van der Waals surface area contributed by atoms with E-state index in [1.807, 2.05) is 66.9 Å². The maximum atomic E-state index is 6.16. The Hall–Kier alpha value is -6.72. The van der Waals surface area contributed by atoms with Gasteiger partial charge in [-0.1, -0.05) is 127 Å². The molecular formula is C44H26N4O. The van der Waals surface area contributed by atoms with E-state index in [1.165, 1.54) is 0 Å². The Bertz CT molecular complexity index is 2880. The molecule has 5 nitrogen and oxygen atoms in total. The molecule has 0 N–H and O–H groups in total. The summed E-state index contributed by atoms with van der Waals surface area (Å²) in [6, 6.07) is 52.1. The predicted molar refractivity (Wildman–Crippen MR) is 199 cm³/mol. The average molecular weight is 627 g/mol. The van der Waals surface area contributed by atoms with Crippen molar-refractivity contribution in [3.8, 4) is 45.3 Å². The minimum Gasteiger partial charge on any atom is -0.456 e. The Kier molecular flexibility index (Phi) is 6.11. The summed E-state index contributed by atoms with van der Waals surface area (Å²) in [6.07, 6.45) is 1.85. The Morgan fingerprint density at radius 2 is 1.04 bits per heavy atom. The van der Waals surface area contributed by atoms with Crippen LogP contribution in [0.3, 0.4) is 0 Å². The third-order valence-electron chi connectivity index (χ3n) is 9.37. The Morgan fingerprint density at radius 3 is 1.90 bits per heavy atom. The first kappa shape index (κ1) is 27.4. The minimum atomic E-state index is 0.621. The lowest BCUT2D eigenvalue weighted by Crippen LogP contribution is -2.00. The van der Waals surface area contributed by atoms with E-state index in [1.54, 1.807) is 0 Å². The van der Waals surface area contributed by atoms with Gasteiger partial charge < -0.3 is 4.42 Å². The molecule has 0 saturated carbocycles. The summed E-state index contributed by atoms with van der Waals surface area (Å²) in [5, 5.41) is 7.92. The molecular weight excluding hydrogens is 601 g/mol. The molecule has 3 heterocycles. The molecule has 0 radical (unpaired) electrons. The number of hydrogen-bond acceptors (Lipinski definition) is 5. The summed E-state index contributed by atoms with van der Waals surface area (Å²) in [5.74, 6) is 1.88. The fourth-order valence-electron chi connectivity index (χ4n) is 6.98. The van der Waals surface area contributed by atoms with Crippen LogP contribution in [0.5, 0.6) is 0 Å². The molecule has 0 atom stereocenters. The second-order valence-corrected chi connectivity index (χ2v) is 12.3. The first-order chi connectivity index (χ1) is 24.3. The summed E-state index contributed by atoms with van der Waals surface area (Å²) in [7, 11) is 0. The van der Waals surface area contributed by atoms with Crippen LogP contribution in [0, 0.1) is 0 Å². The van der Waals surface area contributed by atoms with Crippen molar-refractivity contribution in [3.05, 3.63) is 158 Å². The van der Waals surface area contributed by atoms with Gasteiger partial charge in [-0.05, 0) is 51.6 Å². The minimum absolute atomic E-state index is 0.621.